The number of aryl methyl sites for hydroxylation is 1. The van der Waals surface area contributed by atoms with E-state index in [1.807, 2.05) is 18.2 Å². The lowest BCUT2D eigenvalue weighted by Crippen LogP contribution is -2.59. The molecule has 2 aromatic rings. The van der Waals surface area contributed by atoms with E-state index in [1.54, 1.807) is 17.0 Å². The van der Waals surface area contributed by atoms with Gasteiger partial charge in [0.15, 0.2) is 0 Å². The third-order valence-corrected chi connectivity index (χ3v) is 7.30. The molecular formula is C28H37FN4O2. The van der Waals surface area contributed by atoms with Crippen molar-refractivity contribution in [2.24, 2.45) is 5.92 Å². The topological polar surface area (TPSA) is 64.7 Å². The minimum atomic E-state index is -0.331. The molecule has 1 saturated heterocycles. The molecule has 0 aromatic heterocycles. The maximum absolute atomic E-state index is 13.5. The normalized spacial score (nSPS) is 18.7. The molecule has 2 aliphatic rings. The molecule has 2 aromatic carbocycles. The van der Waals surface area contributed by atoms with Gasteiger partial charge in [-0.2, -0.15) is 0 Å². The first-order valence-corrected chi connectivity index (χ1v) is 12.9. The summed E-state index contributed by atoms with van der Waals surface area (Å²) in [6.45, 7) is 4.55. The Kier molecular flexibility index (Phi) is 8.74. The van der Waals surface area contributed by atoms with Gasteiger partial charge in [0.1, 0.15) is 5.82 Å². The van der Waals surface area contributed by atoms with Crippen LogP contribution in [0.1, 0.15) is 44.6 Å². The first-order valence-electron chi connectivity index (χ1n) is 12.9. The van der Waals surface area contributed by atoms with E-state index in [4.69, 9.17) is 0 Å². The summed E-state index contributed by atoms with van der Waals surface area (Å²) in [5, 5.41) is 6.13. The van der Waals surface area contributed by atoms with Crippen LogP contribution in [0.2, 0.25) is 0 Å². The molecule has 7 heteroatoms. The molecule has 0 spiro atoms. The van der Waals surface area contributed by atoms with Gasteiger partial charge in [0.2, 0.25) is 5.91 Å². The van der Waals surface area contributed by atoms with Crippen LogP contribution < -0.4 is 10.6 Å². The average Bonchev–Trinajstić information content (AvgIpc) is 3.39. The lowest BCUT2D eigenvalue weighted by atomic mass is 9.94. The van der Waals surface area contributed by atoms with Crippen LogP contribution in [0.3, 0.4) is 0 Å². The van der Waals surface area contributed by atoms with Crippen molar-refractivity contribution in [1.82, 2.24) is 15.1 Å². The van der Waals surface area contributed by atoms with Crippen LogP contribution in [0.15, 0.2) is 54.6 Å². The van der Waals surface area contributed by atoms with E-state index in [-0.39, 0.29) is 29.8 Å². The zero-order valence-corrected chi connectivity index (χ0v) is 20.6. The van der Waals surface area contributed by atoms with Gasteiger partial charge < -0.3 is 15.5 Å². The van der Waals surface area contributed by atoms with Crippen LogP contribution >= 0.6 is 0 Å². The lowest BCUT2D eigenvalue weighted by molar-refractivity contribution is -0.129. The summed E-state index contributed by atoms with van der Waals surface area (Å²) in [6.07, 6.45) is 6.38. The highest BCUT2D eigenvalue weighted by Gasteiger charge is 2.37. The maximum atomic E-state index is 13.5. The molecule has 1 heterocycles. The number of carbonyl (C=O) groups is 2. The summed E-state index contributed by atoms with van der Waals surface area (Å²) in [6, 6.07) is 15.9. The second-order valence-corrected chi connectivity index (χ2v) is 9.88. The zero-order valence-electron chi connectivity index (χ0n) is 20.6. The number of hydrogen-bond donors (Lipinski definition) is 2. The van der Waals surface area contributed by atoms with E-state index in [0.717, 1.165) is 25.7 Å². The summed E-state index contributed by atoms with van der Waals surface area (Å²) < 4.78 is 13.1. The van der Waals surface area contributed by atoms with Gasteiger partial charge in [-0.3, -0.25) is 9.69 Å². The van der Waals surface area contributed by atoms with Crippen LogP contribution in [0, 0.1) is 11.7 Å². The molecule has 6 nitrogen and oxygen atoms in total. The average molecular weight is 481 g/mol. The summed E-state index contributed by atoms with van der Waals surface area (Å²) in [5.74, 6) is 0.166. The fraction of sp³-hybridized carbons (Fsp3) is 0.500. The highest BCUT2D eigenvalue weighted by molar-refractivity contribution is 5.89. The highest BCUT2D eigenvalue weighted by atomic mass is 19.1. The fourth-order valence-electron chi connectivity index (χ4n) is 5.32. The molecule has 0 bridgehead atoms. The number of anilines is 1. The van der Waals surface area contributed by atoms with Gasteiger partial charge in [-0.05, 0) is 68.4 Å². The summed E-state index contributed by atoms with van der Waals surface area (Å²) in [4.78, 5) is 30.2. The van der Waals surface area contributed by atoms with Crippen molar-refractivity contribution >= 4 is 17.6 Å². The van der Waals surface area contributed by atoms with E-state index in [9.17, 15) is 14.0 Å². The van der Waals surface area contributed by atoms with Gasteiger partial charge in [0.05, 0.1) is 6.04 Å². The van der Waals surface area contributed by atoms with E-state index < -0.39 is 0 Å². The van der Waals surface area contributed by atoms with E-state index in [1.165, 1.54) is 30.5 Å². The molecule has 0 unspecified atom stereocenters. The third-order valence-electron chi connectivity index (χ3n) is 7.30. The Bertz CT molecular complexity index is 955. The van der Waals surface area contributed by atoms with Gasteiger partial charge in [-0.25, -0.2) is 9.18 Å². The van der Waals surface area contributed by atoms with Gasteiger partial charge in [-0.15, -0.1) is 0 Å². The SMILES string of the molecule is C[C@H](CCc1ccccc1)NC(=O)[C@@H](C1CCCC1)N1CCN(C(=O)Nc2ccc(F)cc2)CC1. The van der Waals surface area contributed by atoms with Crippen LogP contribution in [-0.2, 0) is 11.2 Å². The van der Waals surface area contributed by atoms with Crippen molar-refractivity contribution in [3.63, 3.8) is 0 Å². The van der Waals surface area contributed by atoms with Gasteiger partial charge in [0.25, 0.3) is 0 Å². The number of piperazine rings is 1. The number of carbonyl (C=O) groups excluding carboxylic acids is 2. The maximum Gasteiger partial charge on any atom is 0.321 e. The van der Waals surface area contributed by atoms with Crippen molar-refractivity contribution < 1.29 is 14.0 Å². The third kappa shape index (κ3) is 7.04. The summed E-state index contributed by atoms with van der Waals surface area (Å²) >= 11 is 0. The van der Waals surface area contributed by atoms with Gasteiger partial charge in [-0.1, -0.05) is 43.2 Å². The van der Waals surface area contributed by atoms with Crippen LogP contribution in [-0.4, -0.2) is 60.0 Å². The first kappa shape index (κ1) is 25.2. The first-order chi connectivity index (χ1) is 17.0. The molecule has 3 amide bonds. The number of halogens is 1. The zero-order chi connectivity index (χ0) is 24.6. The van der Waals surface area contributed by atoms with E-state index in [2.05, 4.69) is 34.6 Å². The summed E-state index contributed by atoms with van der Waals surface area (Å²) in [5.41, 5.74) is 1.86. The Balaban J connectivity index is 1.31. The Morgan fingerprint density at radius 1 is 0.971 bits per heavy atom. The number of nitrogens with zero attached hydrogens (tertiary/aromatic N) is 2. The highest BCUT2D eigenvalue weighted by Crippen LogP contribution is 2.31. The number of hydrogen-bond acceptors (Lipinski definition) is 3. The van der Waals surface area contributed by atoms with Gasteiger partial charge in [0, 0.05) is 37.9 Å². The number of urea groups is 1. The fourth-order valence-corrected chi connectivity index (χ4v) is 5.32. The second-order valence-electron chi connectivity index (χ2n) is 9.88. The predicted octanol–water partition coefficient (Wildman–Crippen LogP) is 4.67. The van der Waals surface area contributed by atoms with Crippen molar-refractivity contribution in [1.29, 1.82) is 0 Å². The van der Waals surface area contributed by atoms with Crippen LogP contribution in [0.25, 0.3) is 0 Å². The molecular weight excluding hydrogens is 443 g/mol. The number of nitrogens with one attached hydrogen (secondary N) is 2. The molecule has 35 heavy (non-hydrogen) atoms. The summed E-state index contributed by atoms with van der Waals surface area (Å²) in [7, 11) is 0. The molecule has 1 aliphatic carbocycles. The Hall–Kier alpha value is -2.93. The molecule has 2 fully saturated rings. The van der Waals surface area contributed by atoms with E-state index in [0.29, 0.717) is 37.8 Å². The lowest BCUT2D eigenvalue weighted by Gasteiger charge is -2.41. The Morgan fingerprint density at radius 3 is 2.29 bits per heavy atom. The molecule has 1 saturated carbocycles. The Labute approximate surface area is 207 Å². The number of benzene rings is 2. The molecule has 1 aliphatic heterocycles. The van der Waals surface area contributed by atoms with Crippen molar-refractivity contribution in [3.05, 3.63) is 66.0 Å². The minimum Gasteiger partial charge on any atom is -0.352 e. The molecule has 188 valence electrons. The van der Waals surface area contributed by atoms with Crippen LogP contribution in [0.5, 0.6) is 0 Å². The monoisotopic (exact) mass is 480 g/mol. The Morgan fingerprint density at radius 2 is 1.63 bits per heavy atom. The van der Waals surface area contributed by atoms with Gasteiger partial charge >= 0.3 is 6.03 Å². The molecule has 2 N–H and O–H groups in total. The minimum absolute atomic E-state index is 0.106. The van der Waals surface area contributed by atoms with Crippen LogP contribution in [0.4, 0.5) is 14.9 Å². The van der Waals surface area contributed by atoms with Crippen molar-refractivity contribution in [3.8, 4) is 0 Å². The molecule has 0 radical (unpaired) electrons. The number of rotatable bonds is 8. The second kappa shape index (κ2) is 12.2. The quantitative estimate of drug-likeness (QED) is 0.577. The standard InChI is InChI=1S/C28H37FN4O2/c1-21(11-12-22-7-3-2-4-8-22)30-27(34)26(23-9-5-6-10-23)32-17-19-33(20-18-32)28(35)31-25-15-13-24(29)14-16-25/h2-4,7-8,13-16,21,23,26H,5-6,9-12,17-20H2,1H3,(H,30,34)(H,31,35)/t21-,26-/m1/s1. The molecule has 4 rings (SSSR count). The number of amides is 3. The van der Waals surface area contributed by atoms with Crippen molar-refractivity contribution in [2.75, 3.05) is 31.5 Å². The smallest absolute Gasteiger partial charge is 0.321 e. The molecule has 2 atom stereocenters. The largest absolute Gasteiger partial charge is 0.352 e. The van der Waals surface area contributed by atoms with Crippen molar-refractivity contribution in [2.45, 2.75) is 57.5 Å². The van der Waals surface area contributed by atoms with E-state index >= 15 is 0 Å². The predicted molar refractivity (Wildman–Crippen MR) is 137 cm³/mol.